The number of rotatable bonds is 13. The molecule has 2 heterocycles. The molecule has 65 heavy (non-hydrogen) atoms. The summed E-state index contributed by atoms with van der Waals surface area (Å²) >= 11 is 6.93. The van der Waals surface area contributed by atoms with Crippen LogP contribution in [0.3, 0.4) is 0 Å². The maximum atomic E-state index is 13.4. The zero-order valence-electron chi connectivity index (χ0n) is 38.3. The van der Waals surface area contributed by atoms with Gasteiger partial charge < -0.3 is 30.3 Å². The molecule has 0 aromatic heterocycles. The van der Waals surface area contributed by atoms with E-state index in [-0.39, 0.29) is 58.0 Å². The van der Waals surface area contributed by atoms with Crippen LogP contribution in [-0.2, 0) is 9.47 Å². The van der Waals surface area contributed by atoms with E-state index >= 15 is 0 Å². The molecule has 8 nitrogen and oxygen atoms in total. The van der Waals surface area contributed by atoms with Crippen LogP contribution in [0.25, 0.3) is 0 Å². The number of alkyl carbamates (subject to hydrolysis) is 2. The van der Waals surface area contributed by atoms with Crippen LogP contribution in [0.4, 0.5) is 27.2 Å². The van der Waals surface area contributed by atoms with Crippen molar-refractivity contribution in [3.8, 4) is 0 Å². The number of piperidine rings is 2. The van der Waals surface area contributed by atoms with Crippen LogP contribution in [-0.4, -0.2) is 89.9 Å². The topological polar surface area (TPSA) is 91.9 Å². The number of hydrogen-bond donors (Lipinski definition) is 3. The molecular weight excluding hydrogens is 941 g/mol. The van der Waals surface area contributed by atoms with Gasteiger partial charge in [0.05, 0.1) is 10.5 Å². The van der Waals surface area contributed by atoms with Gasteiger partial charge >= 0.3 is 12.2 Å². The van der Waals surface area contributed by atoms with Crippen molar-refractivity contribution in [1.82, 2.24) is 20.9 Å². The fourth-order valence-corrected chi connectivity index (χ4v) is 9.88. The molecule has 356 valence electrons. The molecule has 4 aromatic rings. The second-order valence-corrected chi connectivity index (χ2v) is 21.0. The van der Waals surface area contributed by atoms with Crippen molar-refractivity contribution in [3.05, 3.63) is 143 Å². The van der Waals surface area contributed by atoms with Crippen molar-refractivity contribution in [3.63, 3.8) is 0 Å². The zero-order valence-corrected chi connectivity index (χ0v) is 41.5. The van der Waals surface area contributed by atoms with Gasteiger partial charge in [0.2, 0.25) is 0 Å². The van der Waals surface area contributed by atoms with Crippen molar-refractivity contribution >= 4 is 51.6 Å². The summed E-state index contributed by atoms with van der Waals surface area (Å²) in [5, 5.41) is 10.1. The highest BCUT2D eigenvalue weighted by molar-refractivity contribution is 9.09. The van der Waals surface area contributed by atoms with E-state index in [9.17, 15) is 27.2 Å². The van der Waals surface area contributed by atoms with Gasteiger partial charge in [0.15, 0.2) is 0 Å². The molecule has 0 unspecified atom stereocenters. The number of carbonyl (C=O) groups excluding carboxylic acids is 2. The summed E-state index contributed by atoms with van der Waals surface area (Å²) in [6.45, 7) is 15.9. The van der Waals surface area contributed by atoms with Crippen molar-refractivity contribution in [1.29, 1.82) is 0 Å². The summed E-state index contributed by atoms with van der Waals surface area (Å²) in [7, 11) is 0. The van der Waals surface area contributed by atoms with E-state index in [0.29, 0.717) is 0 Å². The van der Waals surface area contributed by atoms with Crippen molar-refractivity contribution in [2.75, 3.05) is 49.6 Å². The summed E-state index contributed by atoms with van der Waals surface area (Å²) in [6.07, 6.45) is 3.10. The molecule has 2 amide bonds. The number of likely N-dealkylation sites (tertiary alicyclic amines) is 1. The standard InChI is InChI=1S/C25H32F2N2O2S.C15H13BrF2S.C10H20N2O2/c1-25(2,3)31-24(30)28-22-12-14-29(15-13-22)16-17-32-23(18-4-8-20(26)9-5-18)19-6-10-21(27)11-7-19;16-9-10-19-15(11-1-5-13(17)6-2-11)12-3-7-14(18)8-4-12;1-10(2,3)14-9(13)12-8-4-6-11-7-5-8/h4-11,22-23H,12-17H2,1-3H3,(H,28,30);1-8,15H,9-10H2;8,11H,4-7H2,1-3H3,(H,12,13). The number of benzene rings is 4. The molecule has 2 saturated heterocycles. The van der Waals surface area contributed by atoms with Crippen LogP contribution in [0.2, 0.25) is 0 Å². The van der Waals surface area contributed by atoms with E-state index in [0.717, 1.165) is 97.5 Å². The molecule has 15 heteroatoms. The van der Waals surface area contributed by atoms with Crippen LogP contribution in [0, 0.1) is 23.3 Å². The van der Waals surface area contributed by atoms with Gasteiger partial charge in [-0.05, 0) is 151 Å². The SMILES string of the molecule is CC(C)(C)OC(=O)NC1CCN(CCSC(c2ccc(F)cc2)c2ccc(F)cc2)CC1.CC(C)(C)OC(=O)NC1CCNCC1.Fc1ccc(C(SCCBr)c2ccc(F)cc2)cc1. The van der Waals surface area contributed by atoms with Gasteiger partial charge in [0, 0.05) is 48.6 Å². The van der Waals surface area contributed by atoms with Crippen LogP contribution >= 0.6 is 39.5 Å². The minimum atomic E-state index is -0.492. The summed E-state index contributed by atoms with van der Waals surface area (Å²) in [6, 6.07) is 26.4. The second-order valence-electron chi connectivity index (χ2n) is 17.8. The molecule has 0 aliphatic carbocycles. The maximum absolute atomic E-state index is 13.4. The van der Waals surface area contributed by atoms with Gasteiger partial charge in [0.25, 0.3) is 0 Å². The number of amides is 2. The van der Waals surface area contributed by atoms with Gasteiger partial charge in [0.1, 0.15) is 34.5 Å². The molecule has 0 radical (unpaired) electrons. The molecule has 6 rings (SSSR count). The lowest BCUT2D eigenvalue weighted by atomic mass is 10.0. The van der Waals surface area contributed by atoms with Crippen LogP contribution in [0.1, 0.15) is 100.0 Å². The van der Waals surface area contributed by atoms with Gasteiger partial charge in [-0.25, -0.2) is 27.2 Å². The first-order valence-electron chi connectivity index (χ1n) is 22.1. The maximum Gasteiger partial charge on any atom is 0.407 e. The minimum Gasteiger partial charge on any atom is -0.444 e. The van der Waals surface area contributed by atoms with Crippen molar-refractivity contribution in [2.45, 2.75) is 101 Å². The first-order chi connectivity index (χ1) is 30.9. The average Bonchev–Trinajstić information content (AvgIpc) is 3.25. The third-order valence-electron chi connectivity index (χ3n) is 10.1. The van der Waals surface area contributed by atoms with Gasteiger partial charge in [-0.2, -0.15) is 0 Å². The summed E-state index contributed by atoms with van der Waals surface area (Å²) in [5.41, 5.74) is 3.16. The molecule has 0 spiro atoms. The molecule has 3 N–H and O–H groups in total. The molecule has 4 aromatic carbocycles. The molecule has 0 bridgehead atoms. The Morgan fingerprint density at radius 3 is 1.25 bits per heavy atom. The minimum absolute atomic E-state index is 0.0163. The number of carbonyl (C=O) groups is 2. The quantitative estimate of drug-likeness (QED) is 0.0901. The predicted octanol–water partition coefficient (Wildman–Crippen LogP) is 12.2. The molecule has 2 aliphatic rings. The Hall–Kier alpha value is -3.76. The van der Waals surface area contributed by atoms with Gasteiger partial charge in [-0.1, -0.05) is 64.5 Å². The Kier molecular flexibility index (Phi) is 22.5. The lowest BCUT2D eigenvalue weighted by Crippen LogP contribution is -2.46. The zero-order chi connectivity index (χ0) is 47.4. The third kappa shape index (κ3) is 21.2. The lowest BCUT2D eigenvalue weighted by molar-refractivity contribution is 0.0473. The molecule has 0 atom stereocenters. The number of halogens is 5. The normalized spacial score (nSPS) is 15.0. The monoisotopic (exact) mass is 1000 g/mol. The Morgan fingerprint density at radius 2 is 0.923 bits per heavy atom. The number of ether oxygens (including phenoxy) is 2. The van der Waals surface area contributed by atoms with E-state index in [1.165, 1.54) is 48.5 Å². The van der Waals surface area contributed by atoms with E-state index in [1.54, 1.807) is 72.1 Å². The van der Waals surface area contributed by atoms with E-state index in [2.05, 4.69) is 36.8 Å². The lowest BCUT2D eigenvalue weighted by Gasteiger charge is -2.33. The number of hydrogen-bond acceptors (Lipinski definition) is 8. The number of nitrogens with one attached hydrogen (secondary N) is 3. The van der Waals surface area contributed by atoms with Crippen LogP contribution < -0.4 is 16.0 Å². The van der Waals surface area contributed by atoms with E-state index in [4.69, 9.17) is 9.47 Å². The first-order valence-corrected chi connectivity index (χ1v) is 25.3. The summed E-state index contributed by atoms with van der Waals surface area (Å²) in [4.78, 5) is 25.7. The highest BCUT2D eigenvalue weighted by atomic mass is 79.9. The van der Waals surface area contributed by atoms with Crippen LogP contribution in [0.15, 0.2) is 97.1 Å². The van der Waals surface area contributed by atoms with Crippen molar-refractivity contribution in [2.24, 2.45) is 0 Å². The Morgan fingerprint density at radius 1 is 0.600 bits per heavy atom. The molecule has 0 saturated carbocycles. The Bertz CT molecular complexity index is 1900. The number of nitrogens with zero attached hydrogens (tertiary/aromatic N) is 1. The predicted molar refractivity (Wildman–Crippen MR) is 262 cm³/mol. The first kappa shape index (κ1) is 53.9. The second kappa shape index (κ2) is 27.2. The smallest absolute Gasteiger partial charge is 0.407 e. The highest BCUT2D eigenvalue weighted by Crippen LogP contribution is 2.37. The van der Waals surface area contributed by atoms with Crippen LogP contribution in [0.5, 0.6) is 0 Å². The summed E-state index contributed by atoms with van der Waals surface area (Å²) in [5.74, 6) is 0.807. The molecule has 2 fully saturated rings. The molecule has 2 aliphatic heterocycles. The van der Waals surface area contributed by atoms with E-state index in [1.807, 2.05) is 41.5 Å². The summed E-state index contributed by atoms with van der Waals surface area (Å²) < 4.78 is 63.3. The van der Waals surface area contributed by atoms with Gasteiger partial charge in [-0.15, -0.1) is 23.5 Å². The Balaban J connectivity index is 0.000000237. The van der Waals surface area contributed by atoms with E-state index < -0.39 is 11.2 Å². The van der Waals surface area contributed by atoms with Crippen molar-refractivity contribution < 1.29 is 36.6 Å². The fourth-order valence-electron chi connectivity index (χ4n) is 7.00. The van der Waals surface area contributed by atoms with Gasteiger partial charge in [-0.3, -0.25) is 0 Å². The molecular formula is C50H65BrF4N4O4S2. The Labute approximate surface area is 400 Å². The fraction of sp³-hybridized carbons (Fsp3) is 0.480. The highest BCUT2D eigenvalue weighted by Gasteiger charge is 2.25. The number of alkyl halides is 1. The average molecular weight is 1010 g/mol. The third-order valence-corrected chi connectivity index (χ3v) is 13.6. The number of thioether (sulfide) groups is 2. The largest absolute Gasteiger partial charge is 0.444 e.